The molecule has 27 heavy (non-hydrogen) atoms. The molecule has 0 saturated heterocycles. The Hall–Kier alpha value is -3.06. The normalized spacial score (nSPS) is 10.6. The van der Waals surface area contributed by atoms with Crippen LogP contribution in [-0.2, 0) is 4.79 Å². The molecule has 0 fully saturated rings. The van der Waals surface area contributed by atoms with Crippen LogP contribution >= 0.6 is 11.6 Å². The third-order valence-electron chi connectivity index (χ3n) is 3.44. The number of phenolic OH excluding ortho intramolecular Hbond substituents is 1. The summed E-state index contributed by atoms with van der Waals surface area (Å²) in [6.07, 6.45) is 1.50. The molecule has 2 rings (SSSR count). The van der Waals surface area contributed by atoms with E-state index in [9.17, 15) is 14.7 Å². The van der Waals surface area contributed by atoms with Crippen molar-refractivity contribution < 1.29 is 19.4 Å². The molecule has 0 aliphatic rings. The Morgan fingerprint density at radius 3 is 2.78 bits per heavy atom. The van der Waals surface area contributed by atoms with E-state index >= 15 is 0 Å². The molecule has 0 radical (unpaired) electrons. The third kappa shape index (κ3) is 6.31. The number of halogens is 1. The first-order valence-electron chi connectivity index (χ1n) is 8.31. The number of amides is 2. The average molecular weight is 390 g/mol. The molecule has 0 spiro atoms. The Balaban J connectivity index is 1.78. The van der Waals surface area contributed by atoms with Gasteiger partial charge in [0.25, 0.3) is 5.91 Å². The fourth-order valence-corrected chi connectivity index (χ4v) is 2.37. The predicted octanol–water partition coefficient (Wildman–Crippen LogP) is 2.71. The maximum Gasteiger partial charge on any atom is 0.252 e. The number of rotatable bonds is 8. The standard InChI is InChI=1S/C19H20ClN3O4/c1-2-27-17-11-13(7-8-16(17)24)12-22-23-18(25)9-10-21-19(26)14-5-3-4-6-15(14)20/h3-8,11-12,24H,2,9-10H2,1H3,(H,21,26)(H,23,25)/b22-12-. The van der Waals surface area contributed by atoms with Crippen molar-refractivity contribution in [2.75, 3.05) is 13.2 Å². The number of nitrogens with zero attached hydrogens (tertiary/aromatic N) is 1. The second-order valence-electron chi connectivity index (χ2n) is 5.44. The van der Waals surface area contributed by atoms with Gasteiger partial charge in [-0.15, -0.1) is 0 Å². The highest BCUT2D eigenvalue weighted by molar-refractivity contribution is 6.33. The van der Waals surface area contributed by atoms with Gasteiger partial charge in [-0.1, -0.05) is 23.7 Å². The lowest BCUT2D eigenvalue weighted by Gasteiger charge is -2.06. The number of phenols is 1. The Morgan fingerprint density at radius 1 is 1.26 bits per heavy atom. The Morgan fingerprint density at radius 2 is 2.04 bits per heavy atom. The van der Waals surface area contributed by atoms with E-state index in [1.54, 1.807) is 36.4 Å². The summed E-state index contributed by atoms with van der Waals surface area (Å²) in [7, 11) is 0. The van der Waals surface area contributed by atoms with E-state index in [1.165, 1.54) is 12.3 Å². The van der Waals surface area contributed by atoms with Crippen molar-refractivity contribution in [2.24, 2.45) is 5.10 Å². The number of hydrogen-bond acceptors (Lipinski definition) is 5. The number of benzene rings is 2. The lowest BCUT2D eigenvalue weighted by atomic mass is 10.2. The van der Waals surface area contributed by atoms with E-state index in [2.05, 4.69) is 15.8 Å². The largest absolute Gasteiger partial charge is 0.504 e. The zero-order chi connectivity index (χ0) is 19.6. The number of hydrogen-bond donors (Lipinski definition) is 3. The van der Waals surface area contributed by atoms with Crippen LogP contribution in [0.2, 0.25) is 5.02 Å². The van der Waals surface area contributed by atoms with Crippen molar-refractivity contribution in [1.29, 1.82) is 0 Å². The van der Waals surface area contributed by atoms with Gasteiger partial charge in [-0.3, -0.25) is 9.59 Å². The Kier molecular flexibility index (Phi) is 7.63. The molecule has 7 nitrogen and oxygen atoms in total. The number of ether oxygens (including phenoxy) is 1. The molecule has 0 aliphatic carbocycles. The highest BCUT2D eigenvalue weighted by atomic mass is 35.5. The monoisotopic (exact) mass is 389 g/mol. The Labute approximate surface area is 162 Å². The molecule has 0 aromatic heterocycles. The first-order valence-corrected chi connectivity index (χ1v) is 8.69. The van der Waals surface area contributed by atoms with Gasteiger partial charge in [-0.25, -0.2) is 5.43 Å². The second-order valence-corrected chi connectivity index (χ2v) is 5.85. The lowest BCUT2D eigenvalue weighted by molar-refractivity contribution is -0.120. The van der Waals surface area contributed by atoms with Crippen LogP contribution in [0.25, 0.3) is 0 Å². The first kappa shape index (κ1) is 20.3. The van der Waals surface area contributed by atoms with Gasteiger partial charge in [-0.05, 0) is 42.8 Å². The van der Waals surface area contributed by atoms with E-state index in [0.29, 0.717) is 28.5 Å². The summed E-state index contributed by atoms with van der Waals surface area (Å²) in [5, 5.41) is 16.5. The Bertz CT molecular complexity index is 839. The van der Waals surface area contributed by atoms with Crippen molar-refractivity contribution in [3.05, 3.63) is 58.6 Å². The quantitative estimate of drug-likeness (QED) is 0.477. The van der Waals surface area contributed by atoms with Crippen LogP contribution in [0.3, 0.4) is 0 Å². The number of carbonyl (C=O) groups excluding carboxylic acids is 2. The zero-order valence-electron chi connectivity index (χ0n) is 14.7. The summed E-state index contributed by atoms with van der Waals surface area (Å²) in [6, 6.07) is 11.4. The molecule has 0 bridgehead atoms. The summed E-state index contributed by atoms with van der Waals surface area (Å²) >= 11 is 5.94. The summed E-state index contributed by atoms with van der Waals surface area (Å²) in [5.74, 6) is -0.318. The molecule has 142 valence electrons. The molecular formula is C19H20ClN3O4. The molecule has 0 aliphatic heterocycles. The fraction of sp³-hybridized carbons (Fsp3) is 0.211. The van der Waals surface area contributed by atoms with Gasteiger partial charge in [-0.2, -0.15) is 5.10 Å². The highest BCUT2D eigenvalue weighted by Crippen LogP contribution is 2.26. The topological polar surface area (TPSA) is 100 Å². The number of hydrazone groups is 1. The molecule has 2 aromatic carbocycles. The minimum absolute atomic E-state index is 0.0345. The van der Waals surface area contributed by atoms with Gasteiger partial charge in [0.15, 0.2) is 11.5 Å². The zero-order valence-corrected chi connectivity index (χ0v) is 15.5. The van der Waals surface area contributed by atoms with Gasteiger partial charge in [0.2, 0.25) is 5.91 Å². The minimum atomic E-state index is -0.352. The van der Waals surface area contributed by atoms with Crippen LogP contribution in [0, 0.1) is 0 Å². The molecule has 0 unspecified atom stereocenters. The van der Waals surface area contributed by atoms with E-state index in [1.807, 2.05) is 6.92 Å². The van der Waals surface area contributed by atoms with Gasteiger partial charge >= 0.3 is 0 Å². The van der Waals surface area contributed by atoms with Gasteiger partial charge in [0, 0.05) is 13.0 Å². The summed E-state index contributed by atoms with van der Waals surface area (Å²) < 4.78 is 5.28. The predicted molar refractivity (Wildman–Crippen MR) is 103 cm³/mol. The molecule has 2 amide bonds. The van der Waals surface area contributed by atoms with E-state index in [0.717, 1.165) is 0 Å². The van der Waals surface area contributed by atoms with Crippen LogP contribution in [0.5, 0.6) is 11.5 Å². The summed E-state index contributed by atoms with van der Waals surface area (Å²) in [5.41, 5.74) is 3.38. The summed E-state index contributed by atoms with van der Waals surface area (Å²) in [4.78, 5) is 23.7. The lowest BCUT2D eigenvalue weighted by Crippen LogP contribution is -2.29. The molecule has 3 N–H and O–H groups in total. The number of aromatic hydroxyl groups is 1. The number of carbonyl (C=O) groups is 2. The van der Waals surface area contributed by atoms with Crippen LogP contribution in [0.15, 0.2) is 47.6 Å². The van der Waals surface area contributed by atoms with Crippen LogP contribution in [0.4, 0.5) is 0 Å². The highest BCUT2D eigenvalue weighted by Gasteiger charge is 2.09. The molecule has 0 atom stereocenters. The van der Waals surface area contributed by atoms with Crippen molar-refractivity contribution >= 4 is 29.6 Å². The van der Waals surface area contributed by atoms with E-state index in [-0.39, 0.29) is 30.5 Å². The number of nitrogens with one attached hydrogen (secondary N) is 2. The van der Waals surface area contributed by atoms with Gasteiger partial charge < -0.3 is 15.2 Å². The maximum absolute atomic E-state index is 12.0. The van der Waals surface area contributed by atoms with Crippen molar-refractivity contribution in [3.8, 4) is 11.5 Å². The third-order valence-corrected chi connectivity index (χ3v) is 3.77. The fourth-order valence-electron chi connectivity index (χ4n) is 2.15. The average Bonchev–Trinajstić information content (AvgIpc) is 2.65. The molecule has 8 heteroatoms. The van der Waals surface area contributed by atoms with Crippen LogP contribution < -0.4 is 15.5 Å². The van der Waals surface area contributed by atoms with Crippen molar-refractivity contribution in [1.82, 2.24) is 10.7 Å². The molecular weight excluding hydrogens is 370 g/mol. The first-order chi connectivity index (χ1) is 13.0. The van der Waals surface area contributed by atoms with Crippen molar-refractivity contribution in [3.63, 3.8) is 0 Å². The molecule has 0 heterocycles. The van der Waals surface area contributed by atoms with Gasteiger partial charge in [0.1, 0.15) is 0 Å². The van der Waals surface area contributed by atoms with Crippen molar-refractivity contribution in [2.45, 2.75) is 13.3 Å². The van der Waals surface area contributed by atoms with Gasteiger partial charge in [0.05, 0.1) is 23.4 Å². The second kappa shape index (κ2) is 10.2. The molecule has 2 aromatic rings. The SMILES string of the molecule is CCOc1cc(/C=N\NC(=O)CCNC(=O)c2ccccc2Cl)ccc1O. The molecule has 0 saturated carbocycles. The minimum Gasteiger partial charge on any atom is -0.504 e. The maximum atomic E-state index is 12.0. The summed E-state index contributed by atoms with van der Waals surface area (Å²) in [6.45, 7) is 2.38. The van der Waals surface area contributed by atoms with E-state index in [4.69, 9.17) is 16.3 Å². The van der Waals surface area contributed by atoms with E-state index < -0.39 is 0 Å². The smallest absolute Gasteiger partial charge is 0.252 e. The van der Waals surface area contributed by atoms with Crippen LogP contribution in [-0.4, -0.2) is 36.3 Å². The van der Waals surface area contributed by atoms with Crippen LogP contribution in [0.1, 0.15) is 29.3 Å².